The molecule has 1 aromatic heterocycles. The third-order valence-electron chi connectivity index (χ3n) is 4.13. The Morgan fingerprint density at radius 2 is 2.00 bits per heavy atom. The molecule has 1 saturated heterocycles. The number of nitrogens with zero attached hydrogens (tertiary/aromatic N) is 3. The SMILES string of the molecule is CC(O)N1CCC(NCc2cnc3ccccc3n2)CC1. The molecule has 0 saturated carbocycles. The van der Waals surface area contributed by atoms with E-state index in [1.165, 1.54) is 0 Å². The minimum absolute atomic E-state index is 0.336. The van der Waals surface area contributed by atoms with Crippen LogP contribution in [0.15, 0.2) is 30.5 Å². The highest BCUT2D eigenvalue weighted by Gasteiger charge is 2.21. The third kappa shape index (κ3) is 3.56. The molecule has 2 aromatic rings. The maximum atomic E-state index is 9.56. The van der Waals surface area contributed by atoms with Crippen LogP contribution in [-0.2, 0) is 6.54 Å². The maximum absolute atomic E-state index is 9.56. The Kier molecular flexibility index (Phi) is 4.43. The first kappa shape index (κ1) is 14.4. The highest BCUT2D eigenvalue weighted by molar-refractivity contribution is 5.73. The minimum atomic E-state index is -0.336. The fraction of sp³-hybridized carbons (Fsp3) is 0.500. The molecular weight excluding hydrogens is 264 g/mol. The van der Waals surface area contributed by atoms with Gasteiger partial charge >= 0.3 is 0 Å². The molecule has 0 amide bonds. The molecule has 112 valence electrons. The molecule has 1 atom stereocenters. The summed E-state index contributed by atoms with van der Waals surface area (Å²) in [4.78, 5) is 11.2. The number of para-hydroxylation sites is 2. The molecule has 1 aromatic carbocycles. The summed E-state index contributed by atoms with van der Waals surface area (Å²) in [6, 6.07) is 8.43. The summed E-state index contributed by atoms with van der Waals surface area (Å²) in [5.41, 5.74) is 2.86. The highest BCUT2D eigenvalue weighted by Crippen LogP contribution is 2.13. The lowest BCUT2D eigenvalue weighted by molar-refractivity contribution is 0.000962. The Balaban J connectivity index is 1.55. The molecular formula is C16H22N4O. The molecule has 1 fully saturated rings. The van der Waals surface area contributed by atoms with Crippen molar-refractivity contribution in [2.45, 2.75) is 38.6 Å². The summed E-state index contributed by atoms with van der Waals surface area (Å²) < 4.78 is 0. The molecule has 1 aliphatic rings. The van der Waals surface area contributed by atoms with Gasteiger partial charge < -0.3 is 10.4 Å². The van der Waals surface area contributed by atoms with E-state index >= 15 is 0 Å². The van der Waals surface area contributed by atoms with Gasteiger partial charge in [-0.25, -0.2) is 4.98 Å². The van der Waals surface area contributed by atoms with Crippen molar-refractivity contribution in [1.29, 1.82) is 0 Å². The monoisotopic (exact) mass is 286 g/mol. The van der Waals surface area contributed by atoms with Gasteiger partial charge in [0.15, 0.2) is 0 Å². The molecule has 5 nitrogen and oxygen atoms in total. The van der Waals surface area contributed by atoms with E-state index in [9.17, 15) is 5.11 Å². The molecule has 3 rings (SSSR count). The van der Waals surface area contributed by atoms with Gasteiger partial charge in [-0.05, 0) is 31.9 Å². The van der Waals surface area contributed by atoms with Crippen LogP contribution in [0.3, 0.4) is 0 Å². The zero-order valence-corrected chi connectivity index (χ0v) is 12.4. The summed E-state index contributed by atoms with van der Waals surface area (Å²) in [7, 11) is 0. The van der Waals surface area contributed by atoms with Crippen LogP contribution < -0.4 is 5.32 Å². The number of hydrogen-bond donors (Lipinski definition) is 2. The summed E-state index contributed by atoms with van der Waals surface area (Å²) in [5, 5.41) is 13.1. The van der Waals surface area contributed by atoms with Gasteiger partial charge in [0.25, 0.3) is 0 Å². The first-order valence-electron chi connectivity index (χ1n) is 7.58. The number of benzene rings is 1. The average Bonchev–Trinajstić information content (AvgIpc) is 2.53. The zero-order valence-electron chi connectivity index (χ0n) is 12.4. The van der Waals surface area contributed by atoms with Crippen LogP contribution >= 0.6 is 0 Å². The number of piperidine rings is 1. The summed E-state index contributed by atoms with van der Waals surface area (Å²) in [6.45, 7) is 4.47. The predicted molar refractivity (Wildman–Crippen MR) is 82.7 cm³/mol. The maximum Gasteiger partial charge on any atom is 0.104 e. The number of fused-ring (bicyclic) bond motifs is 1. The molecule has 0 radical (unpaired) electrons. The lowest BCUT2D eigenvalue weighted by atomic mass is 10.0. The van der Waals surface area contributed by atoms with Gasteiger partial charge in [0.05, 0.1) is 22.9 Å². The second-order valence-electron chi connectivity index (χ2n) is 5.67. The van der Waals surface area contributed by atoms with Crippen molar-refractivity contribution in [1.82, 2.24) is 20.2 Å². The zero-order chi connectivity index (χ0) is 14.7. The summed E-state index contributed by atoms with van der Waals surface area (Å²) in [6.07, 6.45) is 3.63. The van der Waals surface area contributed by atoms with E-state index in [1.807, 2.05) is 37.4 Å². The van der Waals surface area contributed by atoms with Gasteiger partial charge in [-0.2, -0.15) is 0 Å². The van der Waals surface area contributed by atoms with Gasteiger partial charge in [0.1, 0.15) is 6.23 Å². The predicted octanol–water partition coefficient (Wildman–Crippen LogP) is 1.52. The fourth-order valence-corrected chi connectivity index (χ4v) is 2.81. The van der Waals surface area contributed by atoms with E-state index < -0.39 is 0 Å². The van der Waals surface area contributed by atoms with Crippen molar-refractivity contribution in [2.75, 3.05) is 13.1 Å². The minimum Gasteiger partial charge on any atom is -0.379 e. The van der Waals surface area contributed by atoms with E-state index in [2.05, 4.69) is 20.2 Å². The second kappa shape index (κ2) is 6.47. The van der Waals surface area contributed by atoms with E-state index in [-0.39, 0.29) is 6.23 Å². The molecule has 1 aliphatic heterocycles. The Bertz CT molecular complexity index is 594. The smallest absolute Gasteiger partial charge is 0.104 e. The van der Waals surface area contributed by atoms with Crippen molar-refractivity contribution in [3.63, 3.8) is 0 Å². The van der Waals surface area contributed by atoms with Crippen LogP contribution in [0.1, 0.15) is 25.5 Å². The van der Waals surface area contributed by atoms with Crippen molar-refractivity contribution in [2.24, 2.45) is 0 Å². The highest BCUT2D eigenvalue weighted by atomic mass is 16.3. The molecule has 5 heteroatoms. The Labute approximate surface area is 125 Å². The molecule has 2 heterocycles. The van der Waals surface area contributed by atoms with Crippen molar-refractivity contribution in [3.05, 3.63) is 36.2 Å². The van der Waals surface area contributed by atoms with Crippen molar-refractivity contribution in [3.8, 4) is 0 Å². The Morgan fingerprint density at radius 3 is 2.71 bits per heavy atom. The number of aliphatic hydroxyl groups excluding tert-OH is 1. The lowest BCUT2D eigenvalue weighted by Gasteiger charge is -2.34. The molecule has 0 bridgehead atoms. The van der Waals surface area contributed by atoms with Crippen molar-refractivity contribution >= 4 is 11.0 Å². The number of aromatic nitrogens is 2. The number of likely N-dealkylation sites (tertiary alicyclic amines) is 1. The Morgan fingerprint density at radius 1 is 1.29 bits per heavy atom. The standard InChI is InChI=1S/C16H22N4O/c1-12(21)20-8-6-13(7-9-20)17-10-14-11-18-15-4-2-3-5-16(15)19-14/h2-5,11-13,17,21H,6-10H2,1H3. The van der Waals surface area contributed by atoms with Crippen LogP contribution in [0.5, 0.6) is 0 Å². The van der Waals surface area contributed by atoms with E-state index in [0.717, 1.165) is 49.2 Å². The summed E-state index contributed by atoms with van der Waals surface area (Å²) >= 11 is 0. The third-order valence-corrected chi connectivity index (χ3v) is 4.13. The molecule has 1 unspecified atom stereocenters. The van der Waals surface area contributed by atoms with Gasteiger partial charge in [-0.15, -0.1) is 0 Å². The van der Waals surface area contributed by atoms with Gasteiger partial charge in [0, 0.05) is 25.7 Å². The van der Waals surface area contributed by atoms with Crippen LogP contribution in [0.4, 0.5) is 0 Å². The number of rotatable bonds is 4. The number of nitrogens with one attached hydrogen (secondary N) is 1. The normalized spacial score (nSPS) is 19.0. The van der Waals surface area contributed by atoms with Crippen LogP contribution in [0, 0.1) is 0 Å². The van der Waals surface area contributed by atoms with Crippen molar-refractivity contribution < 1.29 is 5.11 Å². The van der Waals surface area contributed by atoms with Gasteiger partial charge in [0.2, 0.25) is 0 Å². The topological polar surface area (TPSA) is 61.3 Å². The van der Waals surface area contributed by atoms with E-state index in [1.54, 1.807) is 0 Å². The van der Waals surface area contributed by atoms with Crippen LogP contribution in [0.25, 0.3) is 11.0 Å². The molecule has 0 aliphatic carbocycles. The Hall–Kier alpha value is -1.56. The largest absolute Gasteiger partial charge is 0.379 e. The average molecular weight is 286 g/mol. The van der Waals surface area contributed by atoms with Crippen LogP contribution in [0.2, 0.25) is 0 Å². The molecule has 0 spiro atoms. The van der Waals surface area contributed by atoms with Gasteiger partial charge in [-0.3, -0.25) is 9.88 Å². The molecule has 21 heavy (non-hydrogen) atoms. The fourth-order valence-electron chi connectivity index (χ4n) is 2.81. The summed E-state index contributed by atoms with van der Waals surface area (Å²) in [5.74, 6) is 0. The van der Waals surface area contributed by atoms with E-state index in [4.69, 9.17) is 0 Å². The quantitative estimate of drug-likeness (QED) is 0.892. The molecule has 2 N–H and O–H groups in total. The number of hydrogen-bond acceptors (Lipinski definition) is 5. The number of aliphatic hydroxyl groups is 1. The lowest BCUT2D eigenvalue weighted by Crippen LogP contribution is -2.45. The van der Waals surface area contributed by atoms with E-state index in [0.29, 0.717) is 6.04 Å². The second-order valence-corrected chi connectivity index (χ2v) is 5.67. The first-order valence-corrected chi connectivity index (χ1v) is 7.58. The van der Waals surface area contributed by atoms with Gasteiger partial charge in [-0.1, -0.05) is 12.1 Å². The van der Waals surface area contributed by atoms with Crippen LogP contribution in [-0.4, -0.2) is 45.3 Å². The first-order chi connectivity index (χ1) is 10.2.